The molecule has 326 valence electrons. The Labute approximate surface area is 349 Å². The number of halogens is 4. The number of nitrogens with zero attached hydrogens (tertiary/aromatic N) is 7. The zero-order chi connectivity index (χ0) is 43.4. The Hall–Kier alpha value is -4.25. The first-order valence-electron chi connectivity index (χ1n) is 20.2. The van der Waals surface area contributed by atoms with Crippen LogP contribution in [0.4, 0.5) is 44.7 Å². The number of fused-ring (bicyclic) bond motifs is 3. The predicted octanol–water partition coefficient (Wildman–Crippen LogP) is 8.45. The number of piperazine rings is 1. The largest absolute Gasteiger partial charge is 0.462 e. The van der Waals surface area contributed by atoms with Gasteiger partial charge in [-0.25, -0.2) is 14.4 Å². The molecule has 3 saturated heterocycles. The van der Waals surface area contributed by atoms with E-state index < -0.39 is 45.8 Å². The summed E-state index contributed by atoms with van der Waals surface area (Å²) in [4.78, 5) is 58.4. The lowest BCUT2D eigenvalue weighted by Crippen LogP contribution is -2.57. The van der Waals surface area contributed by atoms with Crippen LogP contribution in [-0.2, 0) is 33.4 Å². The molecule has 2 bridgehead atoms. The number of amides is 3. The van der Waals surface area contributed by atoms with Gasteiger partial charge in [0, 0.05) is 31.2 Å². The van der Waals surface area contributed by atoms with Gasteiger partial charge in [0.15, 0.2) is 0 Å². The molecule has 0 aliphatic carbocycles. The van der Waals surface area contributed by atoms with Crippen LogP contribution in [0.5, 0.6) is 6.01 Å². The molecule has 18 heteroatoms. The molecule has 1 aromatic heterocycles. The van der Waals surface area contributed by atoms with Crippen LogP contribution in [0.15, 0.2) is 12.1 Å². The SMILES string of the molecule is CN1CCCC1COc1nc2c(c(N3CC4CCC(C3)N4C(=O)OC(C)(C)C)n1)CCN(c1cc(N(C(=O)OC(C)(C)C)C(=O)OC(C)(C)C)cc(Cl)c1C(F)(F)F)C2. The number of carbonyl (C=O) groups excluding carboxylic acids is 3. The Bertz CT molecular complexity index is 1890. The van der Waals surface area contributed by atoms with Gasteiger partial charge in [-0.15, -0.1) is 0 Å². The summed E-state index contributed by atoms with van der Waals surface area (Å²) in [5.74, 6) is 0.619. The summed E-state index contributed by atoms with van der Waals surface area (Å²) >= 11 is 6.46. The number of aromatic nitrogens is 2. The van der Waals surface area contributed by atoms with E-state index in [2.05, 4.69) is 9.80 Å². The predicted molar refractivity (Wildman–Crippen MR) is 216 cm³/mol. The monoisotopic (exact) mass is 851 g/mol. The summed E-state index contributed by atoms with van der Waals surface area (Å²) in [6, 6.07) is 2.03. The molecule has 3 atom stereocenters. The number of alkyl halides is 3. The number of likely N-dealkylation sites (N-methyl/N-ethyl adjacent to an activating group) is 1. The lowest BCUT2D eigenvalue weighted by Gasteiger charge is -2.43. The first kappa shape index (κ1) is 44.3. The van der Waals surface area contributed by atoms with E-state index in [1.165, 1.54) is 4.90 Å². The second-order valence-corrected chi connectivity index (χ2v) is 19.2. The Morgan fingerprint density at radius 3 is 1.95 bits per heavy atom. The van der Waals surface area contributed by atoms with Crippen molar-refractivity contribution in [3.8, 4) is 6.01 Å². The Morgan fingerprint density at radius 1 is 0.831 bits per heavy atom. The summed E-state index contributed by atoms with van der Waals surface area (Å²) in [5.41, 5.74) is -3.30. The molecule has 0 saturated carbocycles. The minimum atomic E-state index is -4.92. The minimum absolute atomic E-state index is 0.0862. The lowest BCUT2D eigenvalue weighted by molar-refractivity contribution is -0.137. The molecule has 5 heterocycles. The standard InChI is InChI=1S/C41H57ClF3N7O7/c1-38(2,3)57-35(53)51-24-13-14-25(51)21-50(20-24)33-28-15-17-49(22-30(28)46-34(47-33)56-23-26-12-11-16-48(26)10)31-19-27(18-29(42)32(31)41(43,44)45)52(36(54)58-39(4,5)6)37(55)59-40(7,8)9/h18-19,24-26H,11-17,20-23H2,1-10H3. The van der Waals surface area contributed by atoms with Gasteiger partial charge in [-0.3, -0.25) is 4.90 Å². The van der Waals surface area contributed by atoms with Gasteiger partial charge < -0.3 is 33.6 Å². The summed E-state index contributed by atoms with van der Waals surface area (Å²) in [6.45, 7) is 17.3. The van der Waals surface area contributed by atoms with Crippen LogP contribution in [0.25, 0.3) is 0 Å². The average Bonchev–Trinajstić information content (AvgIpc) is 3.61. The highest BCUT2D eigenvalue weighted by molar-refractivity contribution is 6.32. The molecular formula is C41H57ClF3N7O7. The number of hydrogen-bond acceptors (Lipinski definition) is 12. The van der Waals surface area contributed by atoms with Gasteiger partial charge in [0.1, 0.15) is 29.2 Å². The number of ether oxygens (including phenoxy) is 4. The second-order valence-electron chi connectivity index (χ2n) is 18.8. The van der Waals surface area contributed by atoms with Gasteiger partial charge in [-0.1, -0.05) is 11.6 Å². The molecule has 3 fully saturated rings. The average molecular weight is 852 g/mol. The van der Waals surface area contributed by atoms with Crippen LogP contribution in [0, 0.1) is 0 Å². The van der Waals surface area contributed by atoms with Crippen LogP contribution in [0.3, 0.4) is 0 Å². The van der Waals surface area contributed by atoms with Crippen molar-refractivity contribution < 1.29 is 46.5 Å². The molecule has 3 unspecified atom stereocenters. The third-order valence-corrected chi connectivity index (χ3v) is 10.9. The molecule has 0 N–H and O–H groups in total. The number of benzene rings is 1. The van der Waals surface area contributed by atoms with E-state index in [9.17, 15) is 27.6 Å². The molecule has 4 aliphatic heterocycles. The molecule has 6 rings (SSSR count). The van der Waals surface area contributed by atoms with Crippen molar-refractivity contribution in [3.05, 3.63) is 34.0 Å². The number of hydrogen-bond donors (Lipinski definition) is 0. The number of rotatable bonds is 6. The van der Waals surface area contributed by atoms with Crippen LogP contribution in [-0.4, -0.2) is 113 Å². The number of carbonyl (C=O) groups is 3. The highest BCUT2D eigenvalue weighted by Crippen LogP contribution is 2.46. The smallest absolute Gasteiger partial charge is 0.424 e. The van der Waals surface area contributed by atoms with E-state index in [0.717, 1.165) is 49.9 Å². The van der Waals surface area contributed by atoms with Gasteiger partial charge in [0.2, 0.25) is 0 Å². The van der Waals surface area contributed by atoms with Crippen molar-refractivity contribution in [1.29, 1.82) is 0 Å². The first-order chi connectivity index (χ1) is 27.3. The quantitative estimate of drug-likeness (QED) is 0.259. The van der Waals surface area contributed by atoms with Crippen LogP contribution >= 0.6 is 11.6 Å². The van der Waals surface area contributed by atoms with Crippen LogP contribution < -0.4 is 19.4 Å². The van der Waals surface area contributed by atoms with Crippen molar-refractivity contribution in [2.75, 3.05) is 54.5 Å². The molecule has 59 heavy (non-hydrogen) atoms. The van der Waals surface area contributed by atoms with Crippen LogP contribution in [0.1, 0.15) is 105 Å². The summed E-state index contributed by atoms with van der Waals surface area (Å²) < 4.78 is 67.9. The molecule has 0 radical (unpaired) electrons. The Balaban J connectivity index is 1.39. The second kappa shape index (κ2) is 16.3. The normalized spacial score (nSPS) is 21.3. The Kier molecular flexibility index (Phi) is 12.3. The van der Waals surface area contributed by atoms with Crippen molar-refractivity contribution in [3.63, 3.8) is 0 Å². The maximum Gasteiger partial charge on any atom is 0.424 e. The van der Waals surface area contributed by atoms with Crippen LogP contribution in [0.2, 0.25) is 5.02 Å². The Morgan fingerprint density at radius 2 is 1.42 bits per heavy atom. The van der Waals surface area contributed by atoms with Gasteiger partial charge in [-0.05, 0) is 120 Å². The third kappa shape index (κ3) is 10.4. The van der Waals surface area contributed by atoms with Gasteiger partial charge in [-0.2, -0.15) is 28.0 Å². The summed E-state index contributed by atoms with van der Waals surface area (Å²) in [6.07, 6.45) is -3.76. The fraction of sp³-hybridized carbons (Fsp3) is 0.683. The van der Waals surface area contributed by atoms with Crippen molar-refractivity contribution in [2.45, 2.75) is 142 Å². The zero-order valence-electron chi connectivity index (χ0n) is 35.7. The van der Waals surface area contributed by atoms with Gasteiger partial charge >= 0.3 is 30.5 Å². The number of imide groups is 1. The van der Waals surface area contributed by atoms with Crippen molar-refractivity contribution in [1.82, 2.24) is 19.8 Å². The lowest BCUT2D eigenvalue weighted by atomic mass is 10.0. The number of anilines is 3. The molecule has 3 amide bonds. The van der Waals surface area contributed by atoms with Gasteiger partial charge in [0.25, 0.3) is 0 Å². The van der Waals surface area contributed by atoms with Gasteiger partial charge in [0.05, 0.1) is 46.3 Å². The molecule has 1 aromatic carbocycles. The highest BCUT2D eigenvalue weighted by atomic mass is 35.5. The fourth-order valence-corrected chi connectivity index (χ4v) is 8.42. The zero-order valence-corrected chi connectivity index (χ0v) is 36.4. The van der Waals surface area contributed by atoms with Crippen molar-refractivity contribution in [2.24, 2.45) is 0 Å². The maximum absolute atomic E-state index is 15.0. The van der Waals surface area contributed by atoms with E-state index in [-0.39, 0.29) is 61.1 Å². The van der Waals surface area contributed by atoms with E-state index in [0.29, 0.717) is 36.1 Å². The minimum Gasteiger partial charge on any atom is -0.462 e. The van der Waals surface area contributed by atoms with E-state index in [1.54, 1.807) is 41.5 Å². The molecule has 14 nitrogen and oxygen atoms in total. The highest BCUT2D eigenvalue weighted by Gasteiger charge is 2.46. The maximum atomic E-state index is 15.0. The van der Waals surface area contributed by atoms with E-state index in [1.807, 2.05) is 32.7 Å². The first-order valence-corrected chi connectivity index (χ1v) is 20.6. The number of likely N-dealkylation sites (tertiary alicyclic amines) is 1. The van der Waals surface area contributed by atoms with E-state index in [4.69, 9.17) is 40.5 Å². The topological polar surface area (TPSA) is 130 Å². The molecule has 2 aromatic rings. The summed E-state index contributed by atoms with van der Waals surface area (Å²) in [7, 11) is 2.03. The summed E-state index contributed by atoms with van der Waals surface area (Å²) in [5, 5.41) is -0.723. The van der Waals surface area contributed by atoms with Crippen molar-refractivity contribution >= 4 is 47.1 Å². The van der Waals surface area contributed by atoms with E-state index >= 15 is 0 Å². The molecule has 0 spiro atoms. The molecule has 4 aliphatic rings. The molecular weight excluding hydrogens is 795 g/mol. The fourth-order valence-electron chi connectivity index (χ4n) is 8.11. The third-order valence-electron chi connectivity index (χ3n) is 10.6.